The fraction of sp³-hybridized carbons (Fsp3) is 0.375. The van der Waals surface area contributed by atoms with Crippen molar-refractivity contribution in [3.63, 3.8) is 0 Å². The summed E-state index contributed by atoms with van der Waals surface area (Å²) < 4.78 is 0.673. The Morgan fingerprint density at radius 1 is 1.41 bits per heavy atom. The largest absolute Gasteiger partial charge is 0.465 e. The van der Waals surface area contributed by atoms with Crippen molar-refractivity contribution in [1.82, 2.24) is 4.90 Å². The van der Waals surface area contributed by atoms with Gasteiger partial charge in [0.15, 0.2) is 0 Å². The average Bonchev–Trinajstić information content (AvgIpc) is 2.35. The van der Waals surface area contributed by atoms with Crippen molar-refractivity contribution >= 4 is 27.9 Å². The number of primary amides is 1. The number of benzene rings is 1. The van der Waals surface area contributed by atoms with E-state index < -0.39 is 23.6 Å². The minimum Gasteiger partial charge on any atom is -0.465 e. The van der Waals surface area contributed by atoms with Crippen LogP contribution in [-0.2, 0) is 0 Å². The maximum atomic E-state index is 11.7. The van der Waals surface area contributed by atoms with Crippen molar-refractivity contribution in [1.29, 1.82) is 0 Å². The van der Waals surface area contributed by atoms with E-state index in [1.165, 1.54) is 4.90 Å². The van der Waals surface area contributed by atoms with Gasteiger partial charge < -0.3 is 10.8 Å². The van der Waals surface area contributed by atoms with Crippen LogP contribution in [0.3, 0.4) is 0 Å². The topological polar surface area (TPSA) is 83.6 Å². The zero-order chi connectivity index (χ0) is 17.1. The lowest BCUT2D eigenvalue weighted by Gasteiger charge is -2.39. The zero-order valence-corrected chi connectivity index (χ0v) is 14.6. The first-order valence-corrected chi connectivity index (χ1v) is 7.60. The first-order chi connectivity index (χ1) is 10.1. The van der Waals surface area contributed by atoms with E-state index in [4.69, 9.17) is 5.73 Å². The third-order valence-electron chi connectivity index (χ3n) is 3.22. The fourth-order valence-electron chi connectivity index (χ4n) is 2.38. The highest BCUT2D eigenvalue weighted by Gasteiger charge is 2.33. The van der Waals surface area contributed by atoms with E-state index in [0.717, 1.165) is 0 Å². The van der Waals surface area contributed by atoms with Crippen LogP contribution in [0.2, 0.25) is 0 Å². The number of nitrogens with two attached hydrogens (primary N) is 1. The third kappa shape index (κ3) is 4.34. The van der Waals surface area contributed by atoms with Crippen LogP contribution in [-0.4, -0.2) is 27.5 Å². The van der Waals surface area contributed by atoms with Crippen LogP contribution in [0.5, 0.6) is 0 Å². The number of amides is 2. The molecule has 1 unspecified atom stereocenters. The maximum absolute atomic E-state index is 11.7. The predicted molar refractivity (Wildman–Crippen MR) is 89.8 cm³/mol. The molecule has 1 aromatic carbocycles. The van der Waals surface area contributed by atoms with E-state index in [1.54, 1.807) is 24.3 Å². The van der Waals surface area contributed by atoms with Crippen LogP contribution in [0.25, 0.3) is 0 Å². The number of nitrogens with zero attached hydrogens (tertiary/aromatic N) is 1. The molecular formula is C16H21BrN2O3. The highest BCUT2D eigenvalue weighted by Crippen LogP contribution is 2.33. The highest BCUT2D eigenvalue weighted by atomic mass is 79.9. The first-order valence-electron chi connectivity index (χ1n) is 6.81. The van der Waals surface area contributed by atoms with E-state index in [1.807, 2.05) is 20.8 Å². The first kappa shape index (κ1) is 18.2. The van der Waals surface area contributed by atoms with Crippen LogP contribution >= 0.6 is 15.9 Å². The van der Waals surface area contributed by atoms with Gasteiger partial charge in [-0.25, -0.2) is 4.79 Å². The van der Waals surface area contributed by atoms with Gasteiger partial charge in [-0.15, -0.1) is 6.58 Å². The van der Waals surface area contributed by atoms with Crippen molar-refractivity contribution in [2.24, 2.45) is 5.73 Å². The molecule has 3 N–H and O–H groups in total. The van der Waals surface area contributed by atoms with Crippen LogP contribution in [0, 0.1) is 0 Å². The fourth-order valence-corrected chi connectivity index (χ4v) is 2.89. The second-order valence-electron chi connectivity index (χ2n) is 6.00. The number of carbonyl (C=O) groups is 2. The molecule has 0 heterocycles. The van der Waals surface area contributed by atoms with Gasteiger partial charge in [0.1, 0.15) is 0 Å². The Balaban J connectivity index is 3.45. The minimum absolute atomic E-state index is 0.331. The van der Waals surface area contributed by atoms with Crippen molar-refractivity contribution in [2.75, 3.05) is 0 Å². The van der Waals surface area contributed by atoms with Crippen molar-refractivity contribution in [2.45, 2.75) is 38.8 Å². The Kier molecular flexibility index (Phi) is 5.77. The lowest BCUT2D eigenvalue weighted by molar-refractivity contribution is 0.0704. The van der Waals surface area contributed by atoms with Crippen LogP contribution in [0.4, 0.5) is 4.79 Å². The van der Waals surface area contributed by atoms with Crippen LogP contribution in [0.15, 0.2) is 35.3 Å². The van der Waals surface area contributed by atoms with Crippen LogP contribution < -0.4 is 5.73 Å². The standard InChI is InChI=1S/C16H21BrN2O3/c1-5-6-13(19(15(21)22)16(2,3)4)10-7-11(14(18)20)9-12(17)8-10/h5,7-9,13H,1,6H2,2-4H3,(H2,18,20)(H,21,22). The van der Waals surface area contributed by atoms with E-state index >= 15 is 0 Å². The Bertz CT molecular complexity index is 594. The van der Waals surface area contributed by atoms with Gasteiger partial charge in [0.05, 0.1) is 6.04 Å². The number of halogens is 1. The molecule has 1 atom stereocenters. The van der Waals surface area contributed by atoms with Gasteiger partial charge in [-0.3, -0.25) is 9.69 Å². The summed E-state index contributed by atoms with van der Waals surface area (Å²) in [5, 5.41) is 9.60. The van der Waals surface area contributed by atoms with Gasteiger partial charge >= 0.3 is 6.09 Å². The molecule has 1 aromatic rings. The van der Waals surface area contributed by atoms with Crippen molar-refractivity contribution in [3.05, 3.63) is 46.5 Å². The number of rotatable bonds is 5. The van der Waals surface area contributed by atoms with Gasteiger partial charge in [-0.1, -0.05) is 22.0 Å². The number of hydrogen-bond acceptors (Lipinski definition) is 2. The van der Waals surface area contributed by atoms with E-state index in [-0.39, 0.29) is 0 Å². The smallest absolute Gasteiger partial charge is 0.408 e. The molecule has 1 rings (SSSR count). The monoisotopic (exact) mass is 368 g/mol. The molecule has 6 heteroatoms. The molecule has 0 saturated heterocycles. The van der Waals surface area contributed by atoms with E-state index in [0.29, 0.717) is 22.0 Å². The second-order valence-corrected chi connectivity index (χ2v) is 6.92. The molecule has 0 bridgehead atoms. The molecule has 5 nitrogen and oxygen atoms in total. The molecular weight excluding hydrogens is 348 g/mol. The molecule has 0 aliphatic heterocycles. The van der Waals surface area contributed by atoms with E-state index in [2.05, 4.69) is 22.5 Å². The Morgan fingerprint density at radius 2 is 2.00 bits per heavy atom. The Morgan fingerprint density at radius 3 is 2.41 bits per heavy atom. The summed E-state index contributed by atoms with van der Waals surface area (Å²) in [7, 11) is 0. The molecule has 0 aliphatic rings. The highest BCUT2D eigenvalue weighted by molar-refractivity contribution is 9.10. The molecule has 0 aliphatic carbocycles. The summed E-state index contributed by atoms with van der Waals surface area (Å²) in [6, 6.07) is 4.58. The molecule has 0 radical (unpaired) electrons. The third-order valence-corrected chi connectivity index (χ3v) is 3.68. The second kappa shape index (κ2) is 6.96. The molecule has 0 fully saturated rings. The summed E-state index contributed by atoms with van der Waals surface area (Å²) in [5.74, 6) is -0.558. The lowest BCUT2D eigenvalue weighted by atomic mass is 9.95. The molecule has 0 aromatic heterocycles. The predicted octanol–water partition coefficient (Wildman–Crippen LogP) is 3.94. The normalized spacial score (nSPS) is 12.5. The average molecular weight is 369 g/mol. The van der Waals surface area contributed by atoms with Crippen LogP contribution in [0.1, 0.15) is 49.2 Å². The summed E-state index contributed by atoms with van der Waals surface area (Å²) in [6.45, 7) is 9.18. The number of carboxylic acid groups (broad SMARTS) is 1. The SMILES string of the molecule is C=CCC(c1cc(Br)cc(C(N)=O)c1)N(C(=O)O)C(C)(C)C. The van der Waals surface area contributed by atoms with Gasteiger partial charge in [-0.2, -0.15) is 0 Å². The molecule has 0 saturated carbocycles. The molecule has 0 spiro atoms. The Hall–Kier alpha value is -1.82. The zero-order valence-electron chi connectivity index (χ0n) is 13.0. The van der Waals surface area contributed by atoms with Gasteiger partial charge in [0.2, 0.25) is 5.91 Å². The summed E-state index contributed by atoms with van der Waals surface area (Å²) in [4.78, 5) is 24.5. The summed E-state index contributed by atoms with van der Waals surface area (Å²) in [6.07, 6.45) is 1.06. The summed E-state index contributed by atoms with van der Waals surface area (Å²) >= 11 is 3.34. The van der Waals surface area contributed by atoms with Gasteiger partial charge in [0.25, 0.3) is 0 Å². The van der Waals surface area contributed by atoms with Crippen molar-refractivity contribution in [3.8, 4) is 0 Å². The van der Waals surface area contributed by atoms with Crippen molar-refractivity contribution < 1.29 is 14.7 Å². The maximum Gasteiger partial charge on any atom is 0.408 e. The molecule has 22 heavy (non-hydrogen) atoms. The quantitative estimate of drug-likeness (QED) is 0.771. The lowest BCUT2D eigenvalue weighted by Crippen LogP contribution is -2.47. The number of hydrogen-bond donors (Lipinski definition) is 2. The Labute approximate surface area is 138 Å². The van der Waals surface area contributed by atoms with Gasteiger partial charge in [0, 0.05) is 15.6 Å². The minimum atomic E-state index is -1.03. The molecule has 120 valence electrons. The number of carbonyl (C=O) groups excluding carboxylic acids is 1. The summed E-state index contributed by atoms with van der Waals surface area (Å²) in [5.41, 5.74) is 5.76. The van der Waals surface area contributed by atoms with E-state index in [9.17, 15) is 14.7 Å². The van der Waals surface area contributed by atoms with Gasteiger partial charge in [-0.05, 0) is 51.0 Å². The molecule has 2 amide bonds.